The summed E-state index contributed by atoms with van der Waals surface area (Å²) in [7, 11) is 0. The molecule has 1 atom stereocenters. The zero-order valence-corrected chi connectivity index (χ0v) is 10.4. The molecule has 0 saturated carbocycles. The van der Waals surface area contributed by atoms with E-state index in [2.05, 4.69) is 22.6 Å². The first-order chi connectivity index (χ1) is 7.79. The van der Waals surface area contributed by atoms with E-state index in [9.17, 15) is 0 Å². The van der Waals surface area contributed by atoms with Crippen LogP contribution in [0.5, 0.6) is 0 Å². The second-order valence-corrected chi connectivity index (χ2v) is 4.66. The second kappa shape index (κ2) is 5.27. The minimum absolute atomic E-state index is 0.227. The first-order valence-electron chi connectivity index (χ1n) is 5.47. The van der Waals surface area contributed by atoms with Crippen LogP contribution in [0.25, 0.3) is 0 Å². The first-order valence-corrected chi connectivity index (χ1v) is 6.35. The minimum Gasteiger partial charge on any atom is -0.468 e. The van der Waals surface area contributed by atoms with Gasteiger partial charge in [-0.1, -0.05) is 6.92 Å². The maximum Gasteiger partial charge on any atom is 0.121 e. The molecule has 2 aromatic heterocycles. The van der Waals surface area contributed by atoms with Crippen molar-refractivity contribution in [1.82, 2.24) is 10.3 Å². The summed E-state index contributed by atoms with van der Waals surface area (Å²) in [5.74, 6) is 0.981. The summed E-state index contributed by atoms with van der Waals surface area (Å²) < 4.78 is 5.44. The van der Waals surface area contributed by atoms with Crippen LogP contribution in [0.15, 0.2) is 28.2 Å². The Morgan fingerprint density at radius 2 is 2.44 bits per heavy atom. The fourth-order valence-corrected chi connectivity index (χ4v) is 2.50. The molecule has 2 heterocycles. The number of furan rings is 1. The van der Waals surface area contributed by atoms with E-state index in [-0.39, 0.29) is 6.04 Å². The quantitative estimate of drug-likeness (QED) is 0.867. The van der Waals surface area contributed by atoms with Gasteiger partial charge in [-0.2, -0.15) is 0 Å². The van der Waals surface area contributed by atoms with Crippen LogP contribution in [0.1, 0.15) is 29.4 Å². The third kappa shape index (κ3) is 2.71. The van der Waals surface area contributed by atoms with Gasteiger partial charge in [0.15, 0.2) is 0 Å². The van der Waals surface area contributed by atoms with Gasteiger partial charge in [0, 0.05) is 17.5 Å². The van der Waals surface area contributed by atoms with Crippen molar-refractivity contribution in [2.45, 2.75) is 26.3 Å². The number of aromatic nitrogens is 1. The Hall–Kier alpha value is -1.13. The van der Waals surface area contributed by atoms with E-state index in [0.717, 1.165) is 29.4 Å². The van der Waals surface area contributed by atoms with Crippen molar-refractivity contribution < 1.29 is 4.42 Å². The van der Waals surface area contributed by atoms with E-state index in [4.69, 9.17) is 4.42 Å². The van der Waals surface area contributed by atoms with Crippen LogP contribution in [-0.4, -0.2) is 11.5 Å². The van der Waals surface area contributed by atoms with Crippen LogP contribution in [0.3, 0.4) is 0 Å². The van der Waals surface area contributed by atoms with E-state index < -0.39 is 0 Å². The number of nitrogens with zero attached hydrogens (tertiary/aromatic N) is 1. The number of thiazole rings is 1. The fourth-order valence-electron chi connectivity index (χ4n) is 1.68. The standard InChI is InChI=1S/C12H16N2OS/c1-3-13-10(11-5-4-6-15-11)7-12-14-9(2)8-16-12/h4-6,8,10,13H,3,7H2,1-2H3. The maximum atomic E-state index is 5.44. The maximum absolute atomic E-state index is 5.44. The van der Waals surface area contributed by atoms with Gasteiger partial charge in [0.05, 0.1) is 17.3 Å². The Labute approximate surface area is 99.5 Å². The largest absolute Gasteiger partial charge is 0.468 e. The average molecular weight is 236 g/mol. The lowest BCUT2D eigenvalue weighted by molar-refractivity contribution is 0.416. The van der Waals surface area contributed by atoms with E-state index in [1.807, 2.05) is 19.1 Å². The topological polar surface area (TPSA) is 38.1 Å². The van der Waals surface area contributed by atoms with E-state index >= 15 is 0 Å². The minimum atomic E-state index is 0.227. The highest BCUT2D eigenvalue weighted by atomic mass is 32.1. The zero-order valence-electron chi connectivity index (χ0n) is 9.56. The van der Waals surface area contributed by atoms with Crippen LogP contribution in [0.4, 0.5) is 0 Å². The highest BCUT2D eigenvalue weighted by molar-refractivity contribution is 7.09. The van der Waals surface area contributed by atoms with Crippen LogP contribution in [0, 0.1) is 6.92 Å². The summed E-state index contributed by atoms with van der Waals surface area (Å²) in [5, 5.41) is 6.65. The Morgan fingerprint density at radius 3 is 3.00 bits per heavy atom. The molecule has 2 aromatic rings. The van der Waals surface area contributed by atoms with Crippen molar-refractivity contribution in [3.05, 3.63) is 40.2 Å². The van der Waals surface area contributed by atoms with Gasteiger partial charge < -0.3 is 9.73 Å². The Kier molecular flexibility index (Phi) is 3.74. The highest BCUT2D eigenvalue weighted by Gasteiger charge is 2.15. The number of rotatable bonds is 5. The van der Waals surface area contributed by atoms with Crippen molar-refractivity contribution in [1.29, 1.82) is 0 Å². The van der Waals surface area contributed by atoms with Gasteiger partial charge in [-0.3, -0.25) is 0 Å². The number of likely N-dealkylation sites (N-methyl/N-ethyl adjacent to an activating group) is 1. The number of hydrogen-bond acceptors (Lipinski definition) is 4. The SMILES string of the molecule is CCNC(Cc1nc(C)cs1)c1ccco1. The van der Waals surface area contributed by atoms with Crippen molar-refractivity contribution in [3.8, 4) is 0 Å². The molecule has 0 aliphatic rings. The molecule has 0 fully saturated rings. The molecule has 0 aromatic carbocycles. The molecule has 16 heavy (non-hydrogen) atoms. The summed E-state index contributed by atoms with van der Waals surface area (Å²) >= 11 is 1.71. The van der Waals surface area contributed by atoms with E-state index in [0.29, 0.717) is 0 Å². The molecule has 0 saturated heterocycles. The van der Waals surface area contributed by atoms with Gasteiger partial charge in [0.2, 0.25) is 0 Å². The summed E-state index contributed by atoms with van der Waals surface area (Å²) in [6, 6.07) is 4.16. The van der Waals surface area contributed by atoms with Crippen molar-refractivity contribution in [2.24, 2.45) is 0 Å². The molecule has 0 spiro atoms. The molecule has 1 N–H and O–H groups in total. The molecule has 0 bridgehead atoms. The summed E-state index contributed by atoms with van der Waals surface area (Å²) in [6.45, 7) is 5.05. The van der Waals surface area contributed by atoms with Gasteiger partial charge in [-0.05, 0) is 25.6 Å². The van der Waals surface area contributed by atoms with Crippen LogP contribution in [-0.2, 0) is 6.42 Å². The van der Waals surface area contributed by atoms with Crippen molar-refractivity contribution in [2.75, 3.05) is 6.54 Å². The molecule has 86 valence electrons. The van der Waals surface area contributed by atoms with Gasteiger partial charge in [0.1, 0.15) is 5.76 Å². The molecular formula is C12H16N2OS. The van der Waals surface area contributed by atoms with Crippen LogP contribution >= 0.6 is 11.3 Å². The predicted octanol–water partition coefficient (Wildman–Crippen LogP) is 2.94. The summed E-state index contributed by atoms with van der Waals surface area (Å²) in [4.78, 5) is 4.48. The predicted molar refractivity (Wildman–Crippen MR) is 65.7 cm³/mol. The fraction of sp³-hybridized carbons (Fsp3) is 0.417. The lowest BCUT2D eigenvalue weighted by Crippen LogP contribution is -2.22. The molecule has 2 rings (SSSR count). The normalized spacial score (nSPS) is 12.9. The first kappa shape index (κ1) is 11.4. The molecule has 1 unspecified atom stereocenters. The van der Waals surface area contributed by atoms with Gasteiger partial charge >= 0.3 is 0 Å². The smallest absolute Gasteiger partial charge is 0.121 e. The Bertz CT molecular complexity index is 422. The Morgan fingerprint density at radius 1 is 1.56 bits per heavy atom. The molecule has 3 nitrogen and oxygen atoms in total. The molecule has 4 heteroatoms. The van der Waals surface area contributed by atoms with Crippen molar-refractivity contribution >= 4 is 11.3 Å². The lowest BCUT2D eigenvalue weighted by atomic mass is 10.1. The lowest BCUT2D eigenvalue weighted by Gasteiger charge is -2.13. The van der Waals surface area contributed by atoms with Gasteiger partial charge in [-0.25, -0.2) is 4.98 Å². The summed E-state index contributed by atoms with van der Waals surface area (Å²) in [6.07, 6.45) is 2.60. The second-order valence-electron chi connectivity index (χ2n) is 3.71. The zero-order chi connectivity index (χ0) is 11.4. The molecule has 0 aliphatic heterocycles. The molecule has 0 amide bonds. The number of nitrogens with one attached hydrogen (secondary N) is 1. The molecule has 0 aliphatic carbocycles. The monoisotopic (exact) mass is 236 g/mol. The van der Waals surface area contributed by atoms with E-state index in [1.165, 1.54) is 0 Å². The number of aryl methyl sites for hydroxylation is 1. The van der Waals surface area contributed by atoms with Crippen LogP contribution < -0.4 is 5.32 Å². The average Bonchev–Trinajstić information content (AvgIpc) is 2.88. The van der Waals surface area contributed by atoms with Gasteiger partial charge in [0.25, 0.3) is 0 Å². The summed E-state index contributed by atoms with van der Waals surface area (Å²) in [5.41, 5.74) is 1.09. The highest BCUT2D eigenvalue weighted by Crippen LogP contribution is 2.20. The van der Waals surface area contributed by atoms with E-state index in [1.54, 1.807) is 17.6 Å². The number of hydrogen-bond donors (Lipinski definition) is 1. The third-order valence-electron chi connectivity index (χ3n) is 2.38. The third-order valence-corrected chi connectivity index (χ3v) is 3.37. The molecule has 0 radical (unpaired) electrons. The van der Waals surface area contributed by atoms with Crippen molar-refractivity contribution in [3.63, 3.8) is 0 Å². The molecular weight excluding hydrogens is 220 g/mol. The van der Waals surface area contributed by atoms with Gasteiger partial charge in [-0.15, -0.1) is 11.3 Å². The Balaban J connectivity index is 2.09. The van der Waals surface area contributed by atoms with Crippen LogP contribution in [0.2, 0.25) is 0 Å².